The Labute approximate surface area is 542 Å². The number of carboxylic acids is 1. The second-order valence-corrected chi connectivity index (χ2v) is 29.4. The van der Waals surface area contributed by atoms with Crippen LogP contribution >= 0.6 is 99.5 Å². The summed E-state index contributed by atoms with van der Waals surface area (Å²) in [6, 6.07) is 38.3. The second kappa shape index (κ2) is 28.2. The quantitative estimate of drug-likeness (QED) is 0.0427. The number of hydrogen-bond acceptors (Lipinski definition) is 13. The molecule has 3 fully saturated rings. The number of rotatable bonds is 15. The number of hydrogen-bond donors (Lipinski definition) is 2. The minimum absolute atomic E-state index is 0.218. The summed E-state index contributed by atoms with van der Waals surface area (Å²) in [5, 5.41) is 41.8. The maximum atomic E-state index is 12.4. The van der Waals surface area contributed by atoms with E-state index >= 15 is 0 Å². The van der Waals surface area contributed by atoms with Crippen LogP contribution in [0.3, 0.4) is 0 Å². The molecule has 9 aromatic rings. The first kappa shape index (κ1) is 64.2. The minimum atomic E-state index is -1.01. The second-order valence-electron chi connectivity index (χ2n) is 21.7. The fourth-order valence-electron chi connectivity index (χ4n) is 9.43. The van der Waals surface area contributed by atoms with Gasteiger partial charge in [0.2, 0.25) is 19.0 Å². The summed E-state index contributed by atoms with van der Waals surface area (Å²) < 4.78 is 31.4. The van der Waals surface area contributed by atoms with Crippen LogP contribution in [0, 0.1) is 4.77 Å². The van der Waals surface area contributed by atoms with E-state index in [2.05, 4.69) is 197 Å². The molecule has 12 rings (SSSR count). The zero-order valence-electron chi connectivity index (χ0n) is 49.2. The van der Waals surface area contributed by atoms with Crippen molar-refractivity contribution in [2.75, 3.05) is 20.4 Å². The smallest absolute Gasteiger partial charge is 0.322 e. The van der Waals surface area contributed by atoms with Crippen molar-refractivity contribution < 1.29 is 34.7 Å². The molecule has 3 aliphatic carbocycles. The van der Waals surface area contributed by atoms with Crippen molar-refractivity contribution >= 4 is 150 Å². The Hall–Kier alpha value is -5.30. The monoisotopic (exact) mass is 1460 g/mol. The number of carbonyl (C=O) groups is 3. The molecule has 6 aromatic carbocycles. The molecular weight excluding hydrogens is 1400 g/mol. The van der Waals surface area contributed by atoms with Crippen LogP contribution in [0.5, 0.6) is 0 Å². The molecule has 3 heterocycles. The summed E-state index contributed by atoms with van der Waals surface area (Å²) in [6.45, 7) is 14.9. The Kier molecular flexibility index (Phi) is 21.3. The maximum Gasteiger partial charge on any atom is 0.322 e. The number of halogens is 5. The number of nitrogens with one attached hydrogen (secondary N) is 1. The van der Waals surface area contributed by atoms with Crippen LogP contribution in [0.25, 0.3) is 49.4 Å². The highest BCUT2D eigenvalue weighted by molar-refractivity contribution is 9.11. The van der Waals surface area contributed by atoms with Gasteiger partial charge >= 0.3 is 17.9 Å². The Balaban J connectivity index is 0.000000154. The van der Waals surface area contributed by atoms with E-state index in [9.17, 15) is 23.9 Å². The van der Waals surface area contributed by atoms with Gasteiger partial charge in [-0.25, -0.2) is 0 Å². The van der Waals surface area contributed by atoms with Crippen LogP contribution in [0.4, 0.5) is 4.39 Å². The van der Waals surface area contributed by atoms with E-state index < -0.39 is 26.9 Å². The van der Waals surface area contributed by atoms with Crippen molar-refractivity contribution in [1.29, 1.82) is 0 Å². The van der Waals surface area contributed by atoms with Crippen LogP contribution in [0.2, 0.25) is 0 Å². The van der Waals surface area contributed by atoms with E-state index in [-0.39, 0.29) is 11.9 Å². The number of aromatic nitrogens is 9. The molecule has 3 aromatic heterocycles. The lowest BCUT2D eigenvalue weighted by atomic mass is 9.99. The molecule has 448 valence electrons. The normalized spacial score (nSPS) is 14.2. The summed E-state index contributed by atoms with van der Waals surface area (Å²) in [7, 11) is -1.00. The largest absolute Gasteiger partial charge is 0.480 e. The van der Waals surface area contributed by atoms with Gasteiger partial charge in [0.1, 0.15) is 13.8 Å². The molecule has 0 saturated heterocycles. The van der Waals surface area contributed by atoms with Gasteiger partial charge in [0, 0.05) is 16.2 Å². The van der Waals surface area contributed by atoms with E-state index in [0.717, 1.165) is 33.8 Å². The Morgan fingerprint density at radius 3 is 1.24 bits per heavy atom. The predicted molar refractivity (Wildman–Crippen MR) is 354 cm³/mol. The number of aromatic amines is 1. The first-order chi connectivity index (χ1) is 41.0. The lowest BCUT2D eigenvalue weighted by molar-refractivity contribution is -0.145. The highest BCUT2D eigenvalue weighted by Gasteiger charge is 2.36. The first-order valence-electron chi connectivity index (χ1n) is 28.3. The van der Waals surface area contributed by atoms with Crippen LogP contribution in [-0.4, -0.2) is 101 Å². The van der Waals surface area contributed by atoms with Gasteiger partial charge in [-0.15, -0.1) is 25.5 Å². The number of aliphatic carboxylic acids is 1. The SMILES string of the molecule is CC(C)(Sc1nnc(Br)n1-c1ccc(C2CC2)c2ccccc12)C(=O)O.CCOC(=O)C(C)(C)Br.CCOC(=O)C(C)(C)Sc1nnc(Br)n1-c1ccc(C2CC2)c2ccccc12.S=c1[nH]nc(Br)n1-c1ccc(C2CC2)c2ccccc12.[2H]CF. The van der Waals surface area contributed by atoms with Crippen molar-refractivity contribution in [3.05, 3.63) is 145 Å². The number of esters is 2. The number of carbonyl (C=O) groups excluding carboxylic acids is 2. The van der Waals surface area contributed by atoms with Crippen molar-refractivity contribution in [3.63, 3.8) is 0 Å². The van der Waals surface area contributed by atoms with Crippen LogP contribution in [0.1, 0.15) is 130 Å². The lowest BCUT2D eigenvalue weighted by Gasteiger charge is -2.21. The molecule has 3 saturated carbocycles. The molecule has 0 amide bonds. The van der Waals surface area contributed by atoms with Gasteiger partial charge in [0.25, 0.3) is 0 Å². The van der Waals surface area contributed by atoms with Gasteiger partial charge in [-0.1, -0.05) is 130 Å². The molecule has 0 radical (unpaired) electrons. The van der Waals surface area contributed by atoms with Gasteiger partial charge in [0.15, 0.2) is 10.3 Å². The molecule has 0 aliphatic heterocycles. The van der Waals surface area contributed by atoms with Gasteiger partial charge in [-0.2, -0.15) is 0 Å². The van der Waals surface area contributed by atoms with E-state index in [1.165, 1.54) is 100 Å². The average molecular weight is 1470 g/mol. The molecule has 15 nitrogen and oxygen atoms in total. The third-order valence-corrected chi connectivity index (χ3v) is 18.5. The van der Waals surface area contributed by atoms with Crippen LogP contribution < -0.4 is 0 Å². The summed E-state index contributed by atoms with van der Waals surface area (Å²) in [5.74, 6) is 0.680. The summed E-state index contributed by atoms with van der Waals surface area (Å²) in [6.07, 6.45) is 7.61. The number of alkyl halides is 2. The zero-order valence-corrected chi connectivity index (χ0v) is 57.0. The number of ether oxygens (including phenoxy) is 2. The van der Waals surface area contributed by atoms with Crippen LogP contribution in [-0.2, 0) is 23.9 Å². The lowest BCUT2D eigenvalue weighted by Crippen LogP contribution is -2.30. The van der Waals surface area contributed by atoms with Crippen molar-refractivity contribution in [1.82, 2.24) is 44.3 Å². The first-order valence-corrected chi connectivity index (χ1v) is 32.8. The fraction of sp³-hybridized carbons (Fsp3) is 0.371. The summed E-state index contributed by atoms with van der Waals surface area (Å²) in [5.41, 5.74) is 7.26. The number of nitrogens with zero attached hydrogens (tertiary/aromatic N) is 8. The summed E-state index contributed by atoms with van der Waals surface area (Å²) in [4.78, 5) is 34.7. The number of thioether (sulfide) groups is 2. The molecule has 0 unspecified atom stereocenters. The topological polar surface area (TPSA) is 185 Å². The molecule has 85 heavy (non-hydrogen) atoms. The number of benzene rings is 6. The third-order valence-electron chi connectivity index (χ3n) is 14.1. The Morgan fingerprint density at radius 2 is 0.929 bits per heavy atom. The third kappa shape index (κ3) is 15.5. The molecule has 0 spiro atoms. The minimum Gasteiger partial charge on any atom is -0.480 e. The molecule has 2 N–H and O–H groups in total. The van der Waals surface area contributed by atoms with E-state index in [1.54, 1.807) is 34.6 Å². The highest BCUT2D eigenvalue weighted by Crippen LogP contribution is 2.48. The molecule has 23 heteroatoms. The van der Waals surface area contributed by atoms with E-state index in [0.29, 0.717) is 54.3 Å². The maximum absolute atomic E-state index is 12.4. The van der Waals surface area contributed by atoms with Gasteiger partial charge in [0.05, 0.1) is 38.8 Å². The Morgan fingerprint density at radius 1 is 0.588 bits per heavy atom. The van der Waals surface area contributed by atoms with Gasteiger partial charge in [-0.3, -0.25) is 37.6 Å². The standard InChI is InChI=1S/C21H22BrN3O2S.C19H18BrN3O2S.C15H12BrN3S.C6H11BrO2.CH3F/c1-4-27-18(26)21(2,3)28-20-24-23-19(22)25(20)17-12-11-14(13-9-10-13)15-7-5-6-8-16(15)17;1-19(2,16(24)25)26-18-22-21-17(20)23(18)15-10-9-12(11-7-8-11)13-5-3-4-6-14(13)15;16-14-17-18-15(20)19(14)13-8-7-10(9-5-6-9)11-3-1-2-4-12(11)13;1-4-9-5(8)6(2,3)7;1-2/h5-8,11-13H,4,9-10H2,1-3H3;3-6,9-11H,7-8H2,1-2H3,(H,24,25);1-4,7-9H,5-6H2,(H,18,20);4H2,1-3H3;1H3/i;;;;1D. The average Bonchev–Trinajstić information content (AvgIpc) is 1.80. The van der Waals surface area contributed by atoms with Crippen molar-refractivity contribution in [2.24, 2.45) is 0 Å². The van der Waals surface area contributed by atoms with Crippen LogP contribution in [0.15, 0.2) is 134 Å². The van der Waals surface area contributed by atoms with Gasteiger partial charge in [-0.05, 0) is 223 Å². The number of H-pyrrole nitrogens is 1. The summed E-state index contributed by atoms with van der Waals surface area (Å²) >= 11 is 21.5. The molecule has 3 aliphatic rings. The molecule has 0 atom stereocenters. The van der Waals surface area contributed by atoms with Gasteiger partial charge < -0.3 is 14.6 Å². The number of carboxylic acid groups (broad SMARTS) is 1. The van der Waals surface area contributed by atoms with E-state index in [1.807, 2.05) is 40.5 Å². The van der Waals surface area contributed by atoms with Crippen molar-refractivity contribution in [2.45, 2.75) is 136 Å². The predicted octanol–water partition coefficient (Wildman–Crippen LogP) is 17.5. The number of fused-ring (bicyclic) bond motifs is 3. The molecule has 0 bridgehead atoms. The van der Waals surface area contributed by atoms with E-state index in [4.69, 9.17) is 23.1 Å². The molecular formula is C62H66Br4FN9O6S3. The highest BCUT2D eigenvalue weighted by atomic mass is 79.9. The zero-order chi connectivity index (χ0) is 62.3. The van der Waals surface area contributed by atoms with Crippen molar-refractivity contribution in [3.8, 4) is 17.1 Å². The Bertz CT molecular complexity index is 3970. The fourth-order valence-corrected chi connectivity index (χ4v) is 13.3.